The van der Waals surface area contributed by atoms with Crippen LogP contribution >= 0.6 is 55.8 Å². The molecule has 0 radical (unpaired) electrons. The van der Waals surface area contributed by atoms with Gasteiger partial charge in [-0.3, -0.25) is 14.5 Å². The molecular weight excluding hydrogens is 552 g/mol. The third kappa shape index (κ3) is 5.72. The lowest BCUT2D eigenvalue weighted by Crippen LogP contribution is -2.29. The molecular formula is C21H18Br2N2O3S2. The summed E-state index contributed by atoms with van der Waals surface area (Å²) in [5, 5.41) is 13.1. The van der Waals surface area contributed by atoms with Crippen LogP contribution in [0.2, 0.25) is 0 Å². The number of phenolic OH excluding ortho intramolecular Hbond substituents is 1. The van der Waals surface area contributed by atoms with E-state index < -0.39 is 0 Å². The van der Waals surface area contributed by atoms with Crippen LogP contribution < -0.4 is 5.32 Å². The lowest BCUT2D eigenvalue weighted by atomic mass is 10.2. The first-order valence-corrected chi connectivity index (χ1v) is 11.9. The van der Waals surface area contributed by atoms with Crippen LogP contribution in [0.15, 0.2) is 50.2 Å². The van der Waals surface area contributed by atoms with Crippen molar-refractivity contribution in [3.05, 3.63) is 61.4 Å². The van der Waals surface area contributed by atoms with Gasteiger partial charge in [-0.2, -0.15) is 0 Å². The molecule has 1 fully saturated rings. The Bertz CT molecular complexity index is 1040. The second-order valence-electron chi connectivity index (χ2n) is 6.68. The van der Waals surface area contributed by atoms with Crippen molar-refractivity contribution in [2.45, 2.75) is 19.8 Å². The van der Waals surface area contributed by atoms with Crippen LogP contribution in [-0.2, 0) is 9.59 Å². The standard InChI is InChI=1S/C21H18Br2N2O3S2/c1-12-4-6-15(7-5-12)24-18(26)3-2-8-25-20(28)17(30-21(25)29)10-13-9-14(22)11-16(23)19(13)27/h4-7,9-11,27H,2-3,8H2,1H3,(H,24,26)/b17-10-. The van der Waals surface area contributed by atoms with Gasteiger partial charge in [0.1, 0.15) is 10.1 Å². The fourth-order valence-electron chi connectivity index (χ4n) is 2.79. The van der Waals surface area contributed by atoms with Gasteiger partial charge in [0.15, 0.2) is 0 Å². The Morgan fingerprint density at radius 2 is 1.97 bits per heavy atom. The Labute approximate surface area is 201 Å². The molecule has 0 spiro atoms. The third-order valence-corrected chi connectivity index (χ3v) is 6.78. The summed E-state index contributed by atoms with van der Waals surface area (Å²) in [6.45, 7) is 2.34. The largest absolute Gasteiger partial charge is 0.506 e. The summed E-state index contributed by atoms with van der Waals surface area (Å²) in [7, 11) is 0. The number of thiocarbonyl (C=S) groups is 1. The van der Waals surface area contributed by atoms with E-state index in [2.05, 4.69) is 37.2 Å². The molecule has 0 aliphatic carbocycles. The van der Waals surface area contributed by atoms with Crippen LogP contribution in [0.4, 0.5) is 5.69 Å². The monoisotopic (exact) mass is 568 g/mol. The van der Waals surface area contributed by atoms with Crippen molar-refractivity contribution in [2.75, 3.05) is 11.9 Å². The highest BCUT2D eigenvalue weighted by molar-refractivity contribution is 9.11. The summed E-state index contributed by atoms with van der Waals surface area (Å²) in [5.74, 6) is -0.278. The van der Waals surface area contributed by atoms with Gasteiger partial charge in [0.25, 0.3) is 5.91 Å². The number of nitrogens with one attached hydrogen (secondary N) is 1. The second kappa shape index (κ2) is 10.1. The molecule has 2 aromatic carbocycles. The lowest BCUT2D eigenvalue weighted by molar-refractivity contribution is -0.122. The van der Waals surface area contributed by atoms with Gasteiger partial charge in [-0.05, 0) is 59.6 Å². The van der Waals surface area contributed by atoms with Crippen molar-refractivity contribution < 1.29 is 14.7 Å². The number of nitrogens with zero attached hydrogens (tertiary/aromatic N) is 1. The van der Waals surface area contributed by atoms with Crippen molar-refractivity contribution in [1.82, 2.24) is 4.90 Å². The fraction of sp³-hybridized carbons (Fsp3) is 0.190. The molecule has 3 rings (SSSR count). The minimum atomic E-state index is -0.223. The van der Waals surface area contributed by atoms with Gasteiger partial charge in [0.05, 0.1) is 9.38 Å². The maximum absolute atomic E-state index is 12.7. The summed E-state index contributed by atoms with van der Waals surface area (Å²) in [4.78, 5) is 26.8. The normalized spacial score (nSPS) is 15.2. The van der Waals surface area contributed by atoms with Crippen LogP contribution in [0, 0.1) is 6.92 Å². The number of halogens is 2. The van der Waals surface area contributed by atoms with Gasteiger partial charge >= 0.3 is 0 Å². The van der Waals surface area contributed by atoms with Gasteiger partial charge in [-0.25, -0.2) is 0 Å². The minimum absolute atomic E-state index is 0.0521. The molecule has 0 atom stereocenters. The van der Waals surface area contributed by atoms with E-state index in [1.54, 1.807) is 18.2 Å². The van der Waals surface area contributed by atoms with E-state index in [1.807, 2.05) is 31.2 Å². The molecule has 2 aromatic rings. The maximum Gasteiger partial charge on any atom is 0.266 e. The number of anilines is 1. The van der Waals surface area contributed by atoms with Crippen molar-refractivity contribution >= 4 is 83.7 Å². The van der Waals surface area contributed by atoms with Crippen molar-refractivity contribution in [2.24, 2.45) is 0 Å². The van der Waals surface area contributed by atoms with E-state index in [0.29, 0.717) is 32.2 Å². The van der Waals surface area contributed by atoms with Gasteiger partial charge in [-0.1, -0.05) is 57.6 Å². The van der Waals surface area contributed by atoms with Crippen LogP contribution in [0.25, 0.3) is 6.08 Å². The Morgan fingerprint density at radius 1 is 1.27 bits per heavy atom. The van der Waals surface area contributed by atoms with Crippen LogP contribution in [0.5, 0.6) is 5.75 Å². The third-order valence-electron chi connectivity index (χ3n) is 4.34. The summed E-state index contributed by atoms with van der Waals surface area (Å²) >= 11 is 13.2. The molecule has 0 unspecified atom stereocenters. The number of phenols is 1. The highest BCUT2D eigenvalue weighted by Gasteiger charge is 2.32. The Morgan fingerprint density at radius 3 is 2.67 bits per heavy atom. The van der Waals surface area contributed by atoms with E-state index in [-0.39, 0.29) is 24.0 Å². The highest BCUT2D eigenvalue weighted by atomic mass is 79.9. The minimum Gasteiger partial charge on any atom is -0.506 e. The molecule has 2 amide bonds. The molecule has 30 heavy (non-hydrogen) atoms. The first-order valence-electron chi connectivity index (χ1n) is 9.04. The number of carbonyl (C=O) groups excluding carboxylic acids is 2. The predicted molar refractivity (Wildman–Crippen MR) is 132 cm³/mol. The van der Waals surface area contributed by atoms with Gasteiger partial charge < -0.3 is 10.4 Å². The molecule has 1 aliphatic heterocycles. The number of thioether (sulfide) groups is 1. The molecule has 156 valence electrons. The number of rotatable bonds is 6. The molecule has 9 heteroatoms. The number of aromatic hydroxyl groups is 1. The molecule has 0 saturated carbocycles. The number of hydrogen-bond acceptors (Lipinski definition) is 5. The van der Waals surface area contributed by atoms with Gasteiger partial charge in [0.2, 0.25) is 5.91 Å². The fourth-order valence-corrected chi connectivity index (χ4v) is 5.35. The quantitative estimate of drug-likeness (QED) is 0.337. The van der Waals surface area contributed by atoms with Crippen LogP contribution in [0.3, 0.4) is 0 Å². The molecule has 1 saturated heterocycles. The van der Waals surface area contributed by atoms with E-state index in [4.69, 9.17) is 12.2 Å². The zero-order valence-corrected chi connectivity index (χ0v) is 20.8. The van der Waals surface area contributed by atoms with Crippen molar-refractivity contribution in [3.8, 4) is 5.75 Å². The molecule has 1 heterocycles. The summed E-state index contributed by atoms with van der Waals surface area (Å²) in [6, 6.07) is 11.0. The van der Waals surface area contributed by atoms with Crippen molar-refractivity contribution in [1.29, 1.82) is 0 Å². The Kier molecular flexibility index (Phi) is 7.73. The van der Waals surface area contributed by atoms with Crippen LogP contribution in [0.1, 0.15) is 24.0 Å². The highest BCUT2D eigenvalue weighted by Crippen LogP contribution is 2.37. The summed E-state index contributed by atoms with van der Waals surface area (Å²) in [6.07, 6.45) is 2.39. The topological polar surface area (TPSA) is 69.6 Å². The van der Waals surface area contributed by atoms with E-state index in [9.17, 15) is 14.7 Å². The Balaban J connectivity index is 1.59. The number of aryl methyl sites for hydroxylation is 1. The SMILES string of the molecule is Cc1ccc(NC(=O)CCCN2C(=O)/C(=C/c3cc(Br)cc(Br)c3O)SC2=S)cc1. The first-order chi connectivity index (χ1) is 14.2. The van der Waals surface area contributed by atoms with Gasteiger partial charge in [0, 0.05) is 28.7 Å². The maximum atomic E-state index is 12.7. The zero-order chi connectivity index (χ0) is 21.8. The number of benzene rings is 2. The number of amides is 2. The van der Waals surface area contributed by atoms with Crippen molar-refractivity contribution in [3.63, 3.8) is 0 Å². The smallest absolute Gasteiger partial charge is 0.266 e. The molecule has 0 aromatic heterocycles. The molecule has 2 N–H and O–H groups in total. The molecule has 1 aliphatic rings. The van der Waals surface area contributed by atoms with E-state index in [0.717, 1.165) is 15.7 Å². The average molecular weight is 570 g/mol. The average Bonchev–Trinajstić information content (AvgIpc) is 2.95. The van der Waals surface area contributed by atoms with Gasteiger partial charge in [-0.15, -0.1) is 0 Å². The van der Waals surface area contributed by atoms with E-state index in [1.165, 1.54) is 16.7 Å². The van der Waals surface area contributed by atoms with E-state index >= 15 is 0 Å². The number of carbonyl (C=O) groups is 2. The number of hydrogen-bond donors (Lipinski definition) is 2. The summed E-state index contributed by atoms with van der Waals surface area (Å²) < 4.78 is 1.74. The molecule has 0 bridgehead atoms. The zero-order valence-electron chi connectivity index (χ0n) is 15.9. The first kappa shape index (κ1) is 23.0. The summed E-state index contributed by atoms with van der Waals surface area (Å²) in [5.41, 5.74) is 2.38. The molecule has 5 nitrogen and oxygen atoms in total. The second-order valence-corrected chi connectivity index (χ2v) is 10.1. The predicted octanol–water partition coefficient (Wildman–Crippen LogP) is 5.85. The lowest BCUT2D eigenvalue weighted by Gasteiger charge is -2.14. The Hall–Kier alpha value is -1.68. The van der Waals surface area contributed by atoms with Crippen LogP contribution in [-0.4, -0.2) is 32.7 Å².